The first kappa shape index (κ1) is 13.5. The Labute approximate surface area is 130 Å². The number of nitrogens with zero attached hydrogens (tertiary/aromatic N) is 1. The van der Waals surface area contributed by atoms with Gasteiger partial charge in [0.1, 0.15) is 0 Å². The van der Waals surface area contributed by atoms with Crippen LogP contribution in [0.25, 0.3) is 0 Å². The molecule has 0 amide bonds. The fourth-order valence-electron chi connectivity index (χ4n) is 3.97. The molecule has 0 radical (unpaired) electrons. The number of nitrogens with one attached hydrogen (secondary N) is 1. The Kier molecular flexibility index (Phi) is 3.57. The fraction of sp³-hybridized carbons (Fsp3) is 0.444. The lowest BCUT2D eigenvalue weighted by molar-refractivity contribution is 0.295. The Morgan fingerprint density at radius 3 is 2.81 bits per heavy atom. The zero-order valence-electron chi connectivity index (χ0n) is 12.5. The Morgan fingerprint density at radius 2 is 2.05 bits per heavy atom. The van der Waals surface area contributed by atoms with Crippen molar-refractivity contribution in [1.82, 2.24) is 10.2 Å². The van der Waals surface area contributed by atoms with Crippen LogP contribution in [0.2, 0.25) is 0 Å². The van der Waals surface area contributed by atoms with Crippen molar-refractivity contribution < 1.29 is 0 Å². The highest BCUT2D eigenvalue weighted by Gasteiger charge is 2.43. The van der Waals surface area contributed by atoms with Gasteiger partial charge in [0.05, 0.1) is 0 Å². The Hall–Kier alpha value is -1.16. The SMILES string of the molecule is Cc1ccsc1C1NCC2CN(Cc3ccccc3)CC21. The minimum absolute atomic E-state index is 0.579. The largest absolute Gasteiger partial charge is 0.309 e. The normalized spacial score (nSPS) is 28.9. The van der Waals surface area contributed by atoms with Crippen LogP contribution in [0.1, 0.15) is 22.0 Å². The van der Waals surface area contributed by atoms with E-state index >= 15 is 0 Å². The predicted molar refractivity (Wildman–Crippen MR) is 88.5 cm³/mol. The van der Waals surface area contributed by atoms with Gasteiger partial charge in [-0.2, -0.15) is 0 Å². The molecule has 0 bridgehead atoms. The topological polar surface area (TPSA) is 15.3 Å². The average Bonchev–Trinajstić information content (AvgIpc) is 3.16. The summed E-state index contributed by atoms with van der Waals surface area (Å²) in [5.74, 6) is 1.60. The number of rotatable bonds is 3. The van der Waals surface area contributed by atoms with Crippen molar-refractivity contribution in [2.45, 2.75) is 19.5 Å². The maximum atomic E-state index is 3.77. The van der Waals surface area contributed by atoms with E-state index in [-0.39, 0.29) is 0 Å². The van der Waals surface area contributed by atoms with Gasteiger partial charge in [0.15, 0.2) is 0 Å². The maximum Gasteiger partial charge on any atom is 0.0462 e. The molecule has 0 aliphatic carbocycles. The molecule has 4 rings (SSSR count). The van der Waals surface area contributed by atoms with Crippen LogP contribution < -0.4 is 5.32 Å². The van der Waals surface area contributed by atoms with E-state index in [2.05, 4.69) is 58.9 Å². The van der Waals surface area contributed by atoms with Gasteiger partial charge in [-0.15, -0.1) is 11.3 Å². The first-order chi connectivity index (χ1) is 10.3. The number of thiophene rings is 1. The molecule has 1 N–H and O–H groups in total. The van der Waals surface area contributed by atoms with E-state index in [9.17, 15) is 0 Å². The molecule has 1 aromatic heterocycles. The van der Waals surface area contributed by atoms with Crippen LogP contribution in [0.3, 0.4) is 0 Å². The summed E-state index contributed by atoms with van der Waals surface area (Å²) in [5, 5.41) is 6.00. The Morgan fingerprint density at radius 1 is 1.19 bits per heavy atom. The first-order valence-electron chi connectivity index (χ1n) is 7.85. The lowest BCUT2D eigenvalue weighted by atomic mass is 9.92. The third-order valence-corrected chi connectivity index (χ3v) is 6.13. The average molecular weight is 298 g/mol. The highest BCUT2D eigenvalue weighted by Crippen LogP contribution is 2.41. The molecule has 3 heteroatoms. The van der Waals surface area contributed by atoms with Crippen LogP contribution in [0.15, 0.2) is 41.8 Å². The summed E-state index contributed by atoms with van der Waals surface area (Å²) >= 11 is 1.92. The van der Waals surface area contributed by atoms with E-state index in [4.69, 9.17) is 0 Å². The van der Waals surface area contributed by atoms with E-state index in [1.54, 1.807) is 4.88 Å². The van der Waals surface area contributed by atoms with Gasteiger partial charge in [0, 0.05) is 37.1 Å². The molecule has 0 saturated carbocycles. The van der Waals surface area contributed by atoms with Crippen LogP contribution in [0.5, 0.6) is 0 Å². The number of fused-ring (bicyclic) bond motifs is 1. The fourth-order valence-corrected chi connectivity index (χ4v) is 5.05. The number of aryl methyl sites for hydroxylation is 1. The van der Waals surface area contributed by atoms with Crippen molar-refractivity contribution in [3.8, 4) is 0 Å². The monoisotopic (exact) mass is 298 g/mol. The Balaban J connectivity index is 1.47. The third kappa shape index (κ3) is 2.54. The molecular formula is C18H22N2S. The number of hydrogen-bond acceptors (Lipinski definition) is 3. The summed E-state index contributed by atoms with van der Waals surface area (Å²) < 4.78 is 0. The summed E-state index contributed by atoms with van der Waals surface area (Å²) in [6.45, 7) is 7.00. The second-order valence-electron chi connectivity index (χ2n) is 6.46. The zero-order valence-corrected chi connectivity index (χ0v) is 13.3. The number of likely N-dealkylation sites (tertiary alicyclic amines) is 1. The highest BCUT2D eigenvalue weighted by atomic mass is 32.1. The van der Waals surface area contributed by atoms with Crippen molar-refractivity contribution in [1.29, 1.82) is 0 Å². The van der Waals surface area contributed by atoms with Gasteiger partial charge < -0.3 is 5.32 Å². The number of benzene rings is 1. The molecule has 3 heterocycles. The van der Waals surface area contributed by atoms with Gasteiger partial charge in [-0.05, 0) is 41.3 Å². The molecule has 2 aliphatic heterocycles. The molecular weight excluding hydrogens is 276 g/mol. The van der Waals surface area contributed by atoms with Crippen LogP contribution >= 0.6 is 11.3 Å². The van der Waals surface area contributed by atoms with Crippen molar-refractivity contribution in [2.75, 3.05) is 19.6 Å². The molecule has 21 heavy (non-hydrogen) atoms. The third-order valence-electron chi connectivity index (χ3n) is 5.03. The summed E-state index contributed by atoms with van der Waals surface area (Å²) in [7, 11) is 0. The molecule has 1 aromatic carbocycles. The van der Waals surface area contributed by atoms with Crippen LogP contribution in [-0.2, 0) is 6.54 Å². The van der Waals surface area contributed by atoms with Gasteiger partial charge >= 0.3 is 0 Å². The van der Waals surface area contributed by atoms with E-state index in [0.29, 0.717) is 6.04 Å². The molecule has 2 saturated heterocycles. The van der Waals surface area contributed by atoms with Crippen LogP contribution in [0, 0.1) is 18.8 Å². The van der Waals surface area contributed by atoms with Crippen molar-refractivity contribution in [3.05, 3.63) is 57.8 Å². The molecule has 2 fully saturated rings. The van der Waals surface area contributed by atoms with Crippen LogP contribution in [-0.4, -0.2) is 24.5 Å². The molecule has 2 aromatic rings. The molecule has 2 nitrogen and oxygen atoms in total. The number of hydrogen-bond donors (Lipinski definition) is 1. The zero-order chi connectivity index (χ0) is 14.2. The standard InChI is InChI=1S/C18H22N2S/c1-13-7-8-21-18(13)17-16-12-20(11-15(16)9-19-17)10-14-5-3-2-4-6-14/h2-8,15-17,19H,9-12H2,1H3. The molecule has 110 valence electrons. The van der Waals surface area contributed by atoms with E-state index in [1.165, 1.54) is 30.8 Å². The van der Waals surface area contributed by atoms with Crippen molar-refractivity contribution in [3.63, 3.8) is 0 Å². The van der Waals surface area contributed by atoms with Crippen LogP contribution in [0.4, 0.5) is 0 Å². The smallest absolute Gasteiger partial charge is 0.0462 e. The van der Waals surface area contributed by atoms with Gasteiger partial charge in [0.2, 0.25) is 0 Å². The lowest BCUT2D eigenvalue weighted by Gasteiger charge is -2.21. The van der Waals surface area contributed by atoms with Gasteiger partial charge in [-0.1, -0.05) is 30.3 Å². The van der Waals surface area contributed by atoms with Gasteiger partial charge in [0.25, 0.3) is 0 Å². The van der Waals surface area contributed by atoms with Crippen molar-refractivity contribution in [2.24, 2.45) is 11.8 Å². The summed E-state index contributed by atoms with van der Waals surface area (Å²) in [6.07, 6.45) is 0. The second-order valence-corrected chi connectivity index (χ2v) is 7.41. The van der Waals surface area contributed by atoms with E-state index in [1.807, 2.05) is 11.3 Å². The maximum absolute atomic E-state index is 3.77. The minimum Gasteiger partial charge on any atom is -0.309 e. The molecule has 3 atom stereocenters. The summed E-state index contributed by atoms with van der Waals surface area (Å²) in [6, 6.07) is 13.7. The summed E-state index contributed by atoms with van der Waals surface area (Å²) in [5.41, 5.74) is 2.90. The first-order valence-corrected chi connectivity index (χ1v) is 8.73. The molecule has 0 spiro atoms. The predicted octanol–water partition coefficient (Wildman–Crippen LogP) is 3.45. The Bertz CT molecular complexity index is 607. The molecule has 2 aliphatic rings. The second kappa shape index (κ2) is 5.56. The highest BCUT2D eigenvalue weighted by molar-refractivity contribution is 7.10. The lowest BCUT2D eigenvalue weighted by Crippen LogP contribution is -2.27. The quantitative estimate of drug-likeness (QED) is 0.933. The summed E-state index contributed by atoms with van der Waals surface area (Å²) in [4.78, 5) is 4.20. The van der Waals surface area contributed by atoms with E-state index in [0.717, 1.165) is 18.4 Å². The van der Waals surface area contributed by atoms with Crippen molar-refractivity contribution >= 4 is 11.3 Å². The van der Waals surface area contributed by atoms with Gasteiger partial charge in [-0.3, -0.25) is 4.90 Å². The van der Waals surface area contributed by atoms with Gasteiger partial charge in [-0.25, -0.2) is 0 Å². The van der Waals surface area contributed by atoms with E-state index < -0.39 is 0 Å². The minimum atomic E-state index is 0.579. The molecule has 3 unspecified atom stereocenters.